The lowest BCUT2D eigenvalue weighted by molar-refractivity contribution is 0.0904. The van der Waals surface area contributed by atoms with Gasteiger partial charge < -0.3 is 23.7 Å². The predicted molar refractivity (Wildman–Crippen MR) is 172 cm³/mol. The molecule has 0 bridgehead atoms. The molecular formula is C32H47ClN4O4Si. The Kier molecular flexibility index (Phi) is 10.4. The third-order valence-corrected chi connectivity index (χ3v) is 13.2. The summed E-state index contributed by atoms with van der Waals surface area (Å²) >= 11 is 6.64. The Balaban J connectivity index is 1.68. The molecule has 1 fully saturated rings. The average molecular weight is 615 g/mol. The van der Waals surface area contributed by atoms with Crippen LogP contribution in [0.1, 0.15) is 70.4 Å². The molecule has 4 rings (SSSR count). The molecule has 1 unspecified atom stereocenters. The fraction of sp³-hybridized carbons (Fsp3) is 0.594. The number of aryl methyl sites for hydroxylation is 2. The molecule has 1 aliphatic rings. The number of hydrogen-bond acceptors (Lipinski definition) is 8. The topological polar surface area (TPSA) is 91.5 Å². The van der Waals surface area contributed by atoms with Crippen LogP contribution < -0.4 is 10.1 Å². The minimum Gasteiger partial charge on any atom is -0.491 e. The summed E-state index contributed by atoms with van der Waals surface area (Å²) in [6, 6.07) is 5.95. The summed E-state index contributed by atoms with van der Waals surface area (Å²) < 4.78 is 24.1. The van der Waals surface area contributed by atoms with Gasteiger partial charge in [0.05, 0.1) is 23.1 Å². The fourth-order valence-electron chi connectivity index (χ4n) is 4.94. The molecule has 0 amide bonds. The zero-order valence-electron chi connectivity index (χ0n) is 26.7. The third kappa shape index (κ3) is 7.73. The number of hydrogen-bond donors (Lipinski definition) is 1. The van der Waals surface area contributed by atoms with Crippen LogP contribution in [0.2, 0.25) is 23.2 Å². The molecule has 0 spiro atoms. The number of ether oxygens (including phenoxy) is 2. The van der Waals surface area contributed by atoms with Gasteiger partial charge in [-0.2, -0.15) is 0 Å². The van der Waals surface area contributed by atoms with E-state index in [0.717, 1.165) is 78.6 Å². The molecule has 0 saturated carbocycles. The molecule has 230 valence electrons. The van der Waals surface area contributed by atoms with Crippen molar-refractivity contribution in [1.29, 1.82) is 0 Å². The van der Waals surface area contributed by atoms with Gasteiger partial charge in [-0.15, -0.1) is 0 Å². The van der Waals surface area contributed by atoms with Gasteiger partial charge in [0.2, 0.25) is 0 Å². The second-order valence-electron chi connectivity index (χ2n) is 12.9. The lowest BCUT2D eigenvalue weighted by Gasteiger charge is -2.39. The second kappa shape index (κ2) is 13.5. The standard InChI is InChI=1S/C32H47ClN4O4Si/c1-10-11-26(41-42(8,9)32(5,6)7)19-39-27-17-23(16-24(33)18-27)31-35-29(28-21(3)37-40-22(28)4)20(2)30(36-31)34-25-12-14-38-15-13-25/h16-18,25-26H,10-15,19H2,1-9H3,(H,34,35,36). The SMILES string of the molecule is CCCC(COc1cc(Cl)cc(-c2nc(NC3CCOCC3)c(C)c(-c3c(C)noc3C)n2)c1)O[Si](C)(C)C(C)(C)C. The monoisotopic (exact) mass is 614 g/mol. The van der Waals surface area contributed by atoms with E-state index >= 15 is 0 Å². The highest BCUT2D eigenvalue weighted by Crippen LogP contribution is 2.38. The zero-order valence-corrected chi connectivity index (χ0v) is 28.4. The van der Waals surface area contributed by atoms with E-state index < -0.39 is 8.32 Å². The van der Waals surface area contributed by atoms with Crippen LogP contribution in [0, 0.1) is 20.8 Å². The molecule has 8 nitrogen and oxygen atoms in total. The summed E-state index contributed by atoms with van der Waals surface area (Å²) in [7, 11) is -1.94. The number of rotatable bonds is 11. The summed E-state index contributed by atoms with van der Waals surface area (Å²) in [6.07, 6.45) is 3.81. The Morgan fingerprint density at radius 1 is 1.10 bits per heavy atom. The van der Waals surface area contributed by atoms with Crippen LogP contribution in [0.5, 0.6) is 5.75 Å². The molecule has 1 N–H and O–H groups in total. The first-order valence-corrected chi connectivity index (χ1v) is 18.4. The molecule has 3 aromatic rings. The normalized spacial score (nSPS) is 15.6. The zero-order chi connectivity index (χ0) is 30.7. The van der Waals surface area contributed by atoms with Crippen LogP contribution in [0.3, 0.4) is 0 Å². The van der Waals surface area contributed by atoms with E-state index in [1.807, 2.05) is 39.0 Å². The van der Waals surface area contributed by atoms with E-state index in [-0.39, 0.29) is 17.2 Å². The van der Waals surface area contributed by atoms with E-state index in [4.69, 9.17) is 40.0 Å². The van der Waals surface area contributed by atoms with Crippen molar-refractivity contribution < 1.29 is 18.4 Å². The molecule has 1 aromatic carbocycles. The molecule has 1 atom stereocenters. The van der Waals surface area contributed by atoms with Gasteiger partial charge in [-0.1, -0.05) is 50.9 Å². The van der Waals surface area contributed by atoms with Crippen molar-refractivity contribution in [3.8, 4) is 28.4 Å². The predicted octanol–water partition coefficient (Wildman–Crippen LogP) is 8.54. The van der Waals surface area contributed by atoms with Crippen molar-refractivity contribution in [3.63, 3.8) is 0 Å². The minimum atomic E-state index is -1.94. The van der Waals surface area contributed by atoms with Gasteiger partial charge in [-0.05, 0) is 76.4 Å². The van der Waals surface area contributed by atoms with E-state index in [2.05, 4.69) is 51.3 Å². The molecule has 0 radical (unpaired) electrons. The molecule has 10 heteroatoms. The fourth-order valence-corrected chi connectivity index (χ4v) is 6.54. The lowest BCUT2D eigenvalue weighted by Crippen LogP contribution is -2.45. The van der Waals surface area contributed by atoms with Gasteiger partial charge in [0, 0.05) is 35.4 Å². The molecule has 1 saturated heterocycles. The van der Waals surface area contributed by atoms with Crippen molar-refractivity contribution >= 4 is 25.7 Å². The van der Waals surface area contributed by atoms with Gasteiger partial charge in [-0.3, -0.25) is 0 Å². The number of aromatic nitrogens is 3. The van der Waals surface area contributed by atoms with Gasteiger partial charge in [-0.25, -0.2) is 9.97 Å². The minimum absolute atomic E-state index is 0.00960. The number of halogens is 1. The molecule has 1 aliphatic heterocycles. The molecular weight excluding hydrogens is 568 g/mol. The van der Waals surface area contributed by atoms with Gasteiger partial charge in [0.1, 0.15) is 23.9 Å². The maximum absolute atomic E-state index is 6.71. The smallest absolute Gasteiger partial charge is 0.192 e. The van der Waals surface area contributed by atoms with Crippen LogP contribution in [-0.2, 0) is 9.16 Å². The number of nitrogens with one attached hydrogen (secondary N) is 1. The van der Waals surface area contributed by atoms with Crippen LogP contribution in [0.4, 0.5) is 5.82 Å². The number of anilines is 1. The average Bonchev–Trinajstić information content (AvgIpc) is 3.25. The van der Waals surface area contributed by atoms with Crippen molar-refractivity contribution in [2.24, 2.45) is 0 Å². The summed E-state index contributed by atoms with van der Waals surface area (Å²) in [5.74, 6) is 2.73. The first kappa shape index (κ1) is 32.5. The van der Waals surface area contributed by atoms with E-state index in [1.165, 1.54) is 0 Å². The summed E-state index contributed by atoms with van der Waals surface area (Å²) in [6.45, 7) is 21.3. The van der Waals surface area contributed by atoms with Crippen molar-refractivity contribution in [1.82, 2.24) is 15.1 Å². The third-order valence-electron chi connectivity index (χ3n) is 8.42. The van der Waals surface area contributed by atoms with Crippen molar-refractivity contribution in [2.75, 3.05) is 25.1 Å². The van der Waals surface area contributed by atoms with Gasteiger partial charge in [0.15, 0.2) is 14.1 Å². The van der Waals surface area contributed by atoms with Crippen molar-refractivity contribution in [3.05, 3.63) is 40.2 Å². The number of benzene rings is 1. The molecule has 3 heterocycles. The lowest BCUT2D eigenvalue weighted by atomic mass is 10.0. The Morgan fingerprint density at radius 3 is 2.43 bits per heavy atom. The van der Waals surface area contributed by atoms with Crippen molar-refractivity contribution in [2.45, 2.75) is 104 Å². The summed E-state index contributed by atoms with van der Waals surface area (Å²) in [4.78, 5) is 10.0. The first-order valence-electron chi connectivity index (χ1n) is 15.1. The van der Waals surface area contributed by atoms with Crippen LogP contribution in [-0.4, -0.2) is 55.4 Å². The van der Waals surface area contributed by atoms with Gasteiger partial charge in [0.25, 0.3) is 0 Å². The number of nitrogens with zero attached hydrogens (tertiary/aromatic N) is 3. The largest absolute Gasteiger partial charge is 0.491 e. The van der Waals surface area contributed by atoms with Crippen LogP contribution in [0.25, 0.3) is 22.6 Å². The highest BCUT2D eigenvalue weighted by atomic mass is 35.5. The Labute approximate surface area is 257 Å². The van der Waals surface area contributed by atoms with Crippen LogP contribution in [0.15, 0.2) is 22.7 Å². The summed E-state index contributed by atoms with van der Waals surface area (Å²) in [5.41, 5.74) is 4.19. The molecule has 42 heavy (non-hydrogen) atoms. The van der Waals surface area contributed by atoms with E-state index in [1.54, 1.807) is 0 Å². The molecule has 0 aliphatic carbocycles. The molecule has 2 aromatic heterocycles. The Hall–Kier alpha value is -2.46. The maximum Gasteiger partial charge on any atom is 0.192 e. The summed E-state index contributed by atoms with van der Waals surface area (Å²) in [5, 5.41) is 8.52. The van der Waals surface area contributed by atoms with E-state index in [0.29, 0.717) is 23.2 Å². The quantitative estimate of drug-likeness (QED) is 0.215. The van der Waals surface area contributed by atoms with Crippen LogP contribution >= 0.6 is 11.6 Å². The van der Waals surface area contributed by atoms with E-state index in [9.17, 15) is 0 Å². The Morgan fingerprint density at radius 2 is 1.81 bits per heavy atom. The van der Waals surface area contributed by atoms with Gasteiger partial charge >= 0.3 is 0 Å². The first-order chi connectivity index (χ1) is 19.8. The second-order valence-corrected chi connectivity index (χ2v) is 18.1. The highest BCUT2D eigenvalue weighted by molar-refractivity contribution is 6.74. The Bertz CT molecular complexity index is 1350. The highest BCUT2D eigenvalue weighted by Gasteiger charge is 2.39. The maximum atomic E-state index is 6.71.